The Morgan fingerprint density at radius 2 is 1.70 bits per heavy atom. The number of hydrogen-bond acceptors (Lipinski definition) is 7. The van der Waals surface area contributed by atoms with E-state index in [1.54, 1.807) is 0 Å². The number of nitrogens with zero attached hydrogens (tertiary/aromatic N) is 4. The van der Waals surface area contributed by atoms with Gasteiger partial charge in [0.15, 0.2) is 11.6 Å². The molecule has 0 unspecified atom stereocenters. The summed E-state index contributed by atoms with van der Waals surface area (Å²) in [5.41, 5.74) is 9.08. The van der Waals surface area contributed by atoms with Gasteiger partial charge in [0.1, 0.15) is 23.3 Å². The molecule has 27 heavy (non-hydrogen) atoms. The van der Waals surface area contributed by atoms with Gasteiger partial charge in [-0.05, 0) is 38.1 Å². The maximum absolute atomic E-state index is 6.23. The maximum Gasteiger partial charge on any atom is 0.248 e. The number of nitrogen functional groups attached to an aromatic ring is 1. The highest BCUT2D eigenvalue weighted by molar-refractivity contribution is 5.85. The van der Waals surface area contributed by atoms with Crippen molar-refractivity contribution in [3.05, 3.63) is 66.2 Å². The van der Waals surface area contributed by atoms with E-state index in [2.05, 4.69) is 25.3 Å². The summed E-state index contributed by atoms with van der Waals surface area (Å²) in [6.45, 7) is 3.85. The lowest BCUT2D eigenvalue weighted by molar-refractivity contribution is 0.469. The van der Waals surface area contributed by atoms with Crippen LogP contribution < -0.4 is 15.8 Å². The molecule has 0 bridgehead atoms. The van der Waals surface area contributed by atoms with Gasteiger partial charge in [0, 0.05) is 16.8 Å². The fraction of sp³-hybridized carbons (Fsp3) is 0.100. The molecule has 1 aromatic carbocycles. The second-order valence-electron chi connectivity index (χ2n) is 6.11. The summed E-state index contributed by atoms with van der Waals surface area (Å²) >= 11 is 0. The van der Waals surface area contributed by atoms with Gasteiger partial charge in [-0.15, -0.1) is 0 Å². The number of pyridine rings is 2. The fourth-order valence-electron chi connectivity index (χ4n) is 2.70. The third kappa shape index (κ3) is 3.48. The Labute approximate surface area is 156 Å². The molecule has 4 aromatic rings. The van der Waals surface area contributed by atoms with Crippen LogP contribution in [-0.4, -0.2) is 19.9 Å². The smallest absolute Gasteiger partial charge is 0.248 e. The first kappa shape index (κ1) is 16.7. The van der Waals surface area contributed by atoms with Crippen molar-refractivity contribution in [2.45, 2.75) is 13.8 Å². The van der Waals surface area contributed by atoms with Crippen molar-refractivity contribution in [2.24, 2.45) is 0 Å². The van der Waals surface area contributed by atoms with Gasteiger partial charge in [-0.1, -0.05) is 24.3 Å². The van der Waals surface area contributed by atoms with Crippen LogP contribution in [0.25, 0.3) is 10.9 Å². The van der Waals surface area contributed by atoms with Crippen LogP contribution in [0.2, 0.25) is 0 Å². The predicted octanol–water partition coefficient (Wildman–Crippen LogP) is 4.15. The number of aryl methyl sites for hydroxylation is 2. The Bertz CT molecular complexity index is 1130. The van der Waals surface area contributed by atoms with Crippen molar-refractivity contribution >= 4 is 28.2 Å². The number of anilines is 3. The summed E-state index contributed by atoms with van der Waals surface area (Å²) in [5, 5.41) is 4.08. The first-order valence-electron chi connectivity index (χ1n) is 8.45. The Morgan fingerprint density at radius 1 is 0.889 bits per heavy atom. The van der Waals surface area contributed by atoms with Crippen LogP contribution in [0, 0.1) is 13.8 Å². The molecule has 4 rings (SSSR count). The van der Waals surface area contributed by atoms with Crippen LogP contribution in [0.1, 0.15) is 11.4 Å². The highest BCUT2D eigenvalue weighted by atomic mass is 16.5. The summed E-state index contributed by atoms with van der Waals surface area (Å²) in [6.07, 6.45) is 1.40. The summed E-state index contributed by atoms with van der Waals surface area (Å²) in [7, 11) is 0. The lowest BCUT2D eigenvalue weighted by Crippen LogP contribution is -2.04. The van der Waals surface area contributed by atoms with Crippen LogP contribution in [0.15, 0.2) is 54.9 Å². The van der Waals surface area contributed by atoms with Crippen molar-refractivity contribution in [1.82, 2.24) is 19.9 Å². The average Bonchev–Trinajstić information content (AvgIpc) is 2.65. The van der Waals surface area contributed by atoms with E-state index in [9.17, 15) is 0 Å². The van der Waals surface area contributed by atoms with Crippen LogP contribution in [0.3, 0.4) is 0 Å². The highest BCUT2D eigenvalue weighted by Gasteiger charge is 2.13. The Hall–Kier alpha value is -3.74. The summed E-state index contributed by atoms with van der Waals surface area (Å²) < 4.78 is 5.98. The summed E-state index contributed by atoms with van der Waals surface area (Å²) in [5.74, 6) is 1.92. The minimum absolute atomic E-state index is 0.260. The largest absolute Gasteiger partial charge is 0.435 e. The Morgan fingerprint density at radius 3 is 2.56 bits per heavy atom. The standard InChI is InChI=1S/C20H18N6O/c1-12-5-3-8-16(24-12)26-19-17(21)20(23-11-22-19)27-15-7-4-6-14-10-9-13(2)25-18(14)15/h3-11H,21H2,1-2H3,(H,22,23,24,26). The van der Waals surface area contributed by atoms with Crippen LogP contribution in [0.5, 0.6) is 11.6 Å². The van der Waals surface area contributed by atoms with E-state index in [0.717, 1.165) is 22.3 Å². The van der Waals surface area contributed by atoms with E-state index in [0.29, 0.717) is 23.1 Å². The molecule has 0 saturated heterocycles. The monoisotopic (exact) mass is 358 g/mol. The molecule has 0 aliphatic heterocycles. The van der Waals surface area contributed by atoms with E-state index in [4.69, 9.17) is 10.5 Å². The van der Waals surface area contributed by atoms with Gasteiger partial charge in [-0.3, -0.25) is 0 Å². The van der Waals surface area contributed by atoms with Gasteiger partial charge in [0.25, 0.3) is 0 Å². The van der Waals surface area contributed by atoms with Gasteiger partial charge < -0.3 is 15.8 Å². The highest BCUT2D eigenvalue weighted by Crippen LogP contribution is 2.33. The van der Waals surface area contributed by atoms with Crippen LogP contribution in [0.4, 0.5) is 17.3 Å². The molecular formula is C20H18N6O. The molecule has 3 N–H and O–H groups in total. The molecule has 0 atom stereocenters. The number of nitrogens with one attached hydrogen (secondary N) is 1. The third-order valence-electron chi connectivity index (χ3n) is 4.01. The summed E-state index contributed by atoms with van der Waals surface area (Å²) in [6, 6.07) is 15.3. The second-order valence-corrected chi connectivity index (χ2v) is 6.11. The number of hydrogen-bond donors (Lipinski definition) is 2. The van der Waals surface area contributed by atoms with Gasteiger partial charge >= 0.3 is 0 Å². The molecular weight excluding hydrogens is 340 g/mol. The van der Waals surface area contributed by atoms with Crippen molar-refractivity contribution < 1.29 is 4.74 Å². The van der Waals surface area contributed by atoms with Gasteiger partial charge in [0.2, 0.25) is 5.88 Å². The van der Waals surface area contributed by atoms with Gasteiger partial charge in [-0.25, -0.2) is 15.0 Å². The maximum atomic E-state index is 6.23. The molecule has 0 saturated carbocycles. The normalized spacial score (nSPS) is 10.7. The van der Waals surface area contributed by atoms with Crippen molar-refractivity contribution in [1.29, 1.82) is 0 Å². The SMILES string of the molecule is Cc1cccc(Nc2ncnc(Oc3cccc4ccc(C)nc34)c2N)n1. The average molecular weight is 358 g/mol. The molecule has 0 aliphatic carbocycles. The number of fused-ring (bicyclic) bond motifs is 1. The molecule has 0 spiro atoms. The van der Waals surface area contributed by atoms with Crippen molar-refractivity contribution in [3.63, 3.8) is 0 Å². The van der Waals surface area contributed by atoms with Crippen LogP contribution in [-0.2, 0) is 0 Å². The number of ether oxygens (including phenoxy) is 1. The Balaban J connectivity index is 1.69. The third-order valence-corrected chi connectivity index (χ3v) is 4.01. The minimum Gasteiger partial charge on any atom is -0.435 e. The lowest BCUT2D eigenvalue weighted by atomic mass is 10.2. The zero-order chi connectivity index (χ0) is 18.8. The number of benzene rings is 1. The molecule has 3 aromatic heterocycles. The van der Waals surface area contributed by atoms with E-state index in [1.807, 2.05) is 62.4 Å². The van der Waals surface area contributed by atoms with Crippen LogP contribution >= 0.6 is 0 Å². The molecule has 7 nitrogen and oxygen atoms in total. The zero-order valence-electron chi connectivity index (χ0n) is 15.0. The van der Waals surface area contributed by atoms with E-state index >= 15 is 0 Å². The molecule has 0 fully saturated rings. The number of aromatic nitrogens is 4. The van der Waals surface area contributed by atoms with Gasteiger partial charge in [0.05, 0.1) is 0 Å². The number of para-hydroxylation sites is 1. The van der Waals surface area contributed by atoms with E-state index in [1.165, 1.54) is 6.33 Å². The molecule has 134 valence electrons. The number of nitrogens with two attached hydrogens (primary N) is 1. The number of rotatable bonds is 4. The van der Waals surface area contributed by atoms with Crippen molar-refractivity contribution in [3.8, 4) is 11.6 Å². The van der Waals surface area contributed by atoms with E-state index < -0.39 is 0 Å². The van der Waals surface area contributed by atoms with Gasteiger partial charge in [-0.2, -0.15) is 4.98 Å². The molecule has 7 heteroatoms. The second kappa shape index (κ2) is 6.87. The molecule has 3 heterocycles. The molecule has 0 amide bonds. The van der Waals surface area contributed by atoms with E-state index in [-0.39, 0.29) is 5.88 Å². The zero-order valence-corrected chi connectivity index (χ0v) is 15.0. The first-order chi connectivity index (χ1) is 13.1. The molecule has 0 aliphatic rings. The first-order valence-corrected chi connectivity index (χ1v) is 8.45. The minimum atomic E-state index is 0.260. The van der Waals surface area contributed by atoms with Crippen molar-refractivity contribution in [2.75, 3.05) is 11.1 Å². The summed E-state index contributed by atoms with van der Waals surface area (Å²) in [4.78, 5) is 17.3. The lowest BCUT2D eigenvalue weighted by Gasteiger charge is -2.12. The fourth-order valence-corrected chi connectivity index (χ4v) is 2.70. The molecule has 0 radical (unpaired) electrons. The predicted molar refractivity (Wildman–Crippen MR) is 105 cm³/mol. The topological polar surface area (TPSA) is 98.8 Å². The Kier molecular flexibility index (Phi) is 4.25. The quantitative estimate of drug-likeness (QED) is 0.565.